The van der Waals surface area contributed by atoms with Gasteiger partial charge >= 0.3 is 0 Å². The SMILES string of the molecule is CCCC(CCN(C)C)CN1CC=CC1. The second-order valence-corrected chi connectivity index (χ2v) is 4.94. The van der Waals surface area contributed by atoms with Crippen LogP contribution in [0.3, 0.4) is 0 Å². The molecule has 1 aliphatic heterocycles. The van der Waals surface area contributed by atoms with E-state index >= 15 is 0 Å². The molecule has 0 aromatic heterocycles. The molecule has 0 aliphatic carbocycles. The van der Waals surface area contributed by atoms with Crippen LogP contribution < -0.4 is 0 Å². The zero-order valence-corrected chi connectivity index (χ0v) is 10.6. The Balaban J connectivity index is 2.22. The summed E-state index contributed by atoms with van der Waals surface area (Å²) in [6.07, 6.45) is 8.62. The summed E-state index contributed by atoms with van der Waals surface area (Å²) in [5.41, 5.74) is 0. The van der Waals surface area contributed by atoms with E-state index in [4.69, 9.17) is 0 Å². The first kappa shape index (κ1) is 12.7. The molecule has 2 heteroatoms. The van der Waals surface area contributed by atoms with Crippen LogP contribution in [0.1, 0.15) is 26.2 Å². The Hall–Kier alpha value is -0.340. The fourth-order valence-electron chi connectivity index (χ4n) is 2.21. The predicted molar refractivity (Wildman–Crippen MR) is 67.1 cm³/mol. The van der Waals surface area contributed by atoms with Gasteiger partial charge in [-0.05, 0) is 39.4 Å². The quantitative estimate of drug-likeness (QED) is 0.595. The van der Waals surface area contributed by atoms with Crippen molar-refractivity contribution in [1.29, 1.82) is 0 Å². The molecule has 1 atom stereocenters. The predicted octanol–water partition coefficient (Wildman–Crippen LogP) is 2.23. The Kier molecular flexibility index (Phi) is 5.96. The van der Waals surface area contributed by atoms with Crippen LogP contribution in [0.25, 0.3) is 0 Å². The van der Waals surface area contributed by atoms with Crippen molar-refractivity contribution >= 4 is 0 Å². The summed E-state index contributed by atoms with van der Waals surface area (Å²) < 4.78 is 0. The molecule has 15 heavy (non-hydrogen) atoms. The summed E-state index contributed by atoms with van der Waals surface area (Å²) in [6.45, 7) is 7.15. The largest absolute Gasteiger partial charge is 0.309 e. The van der Waals surface area contributed by atoms with E-state index in [1.165, 1.54) is 45.4 Å². The molecule has 88 valence electrons. The Morgan fingerprint density at radius 3 is 2.40 bits per heavy atom. The monoisotopic (exact) mass is 210 g/mol. The van der Waals surface area contributed by atoms with Crippen molar-refractivity contribution in [3.8, 4) is 0 Å². The summed E-state index contributed by atoms with van der Waals surface area (Å²) in [5.74, 6) is 0.886. The van der Waals surface area contributed by atoms with Gasteiger partial charge in [0.1, 0.15) is 0 Å². The van der Waals surface area contributed by atoms with Crippen LogP contribution in [0.5, 0.6) is 0 Å². The normalized spacial score (nSPS) is 18.9. The molecule has 1 unspecified atom stereocenters. The molecular formula is C13H26N2. The highest BCUT2D eigenvalue weighted by atomic mass is 15.1. The maximum atomic E-state index is 2.55. The summed E-state index contributed by atoms with van der Waals surface area (Å²) in [5, 5.41) is 0. The fourth-order valence-corrected chi connectivity index (χ4v) is 2.21. The van der Waals surface area contributed by atoms with E-state index in [2.05, 4.69) is 43.0 Å². The van der Waals surface area contributed by atoms with Gasteiger partial charge in [0.05, 0.1) is 0 Å². The molecule has 1 rings (SSSR count). The highest BCUT2D eigenvalue weighted by Crippen LogP contribution is 2.15. The van der Waals surface area contributed by atoms with Gasteiger partial charge in [-0.15, -0.1) is 0 Å². The third kappa shape index (κ3) is 5.33. The summed E-state index contributed by atoms with van der Waals surface area (Å²) in [4.78, 5) is 4.85. The highest BCUT2D eigenvalue weighted by Gasteiger charge is 2.14. The second kappa shape index (κ2) is 7.02. The number of hydrogen-bond donors (Lipinski definition) is 0. The van der Waals surface area contributed by atoms with Gasteiger partial charge in [-0.1, -0.05) is 25.5 Å². The maximum absolute atomic E-state index is 2.55. The average Bonchev–Trinajstić information content (AvgIpc) is 2.67. The Bertz CT molecular complexity index is 179. The first-order valence-corrected chi connectivity index (χ1v) is 6.24. The lowest BCUT2D eigenvalue weighted by Crippen LogP contribution is -2.29. The zero-order valence-electron chi connectivity index (χ0n) is 10.6. The van der Waals surface area contributed by atoms with Gasteiger partial charge in [0, 0.05) is 19.6 Å². The van der Waals surface area contributed by atoms with Crippen LogP contribution in [0.15, 0.2) is 12.2 Å². The van der Waals surface area contributed by atoms with E-state index in [0.29, 0.717) is 0 Å². The molecule has 0 saturated carbocycles. The summed E-state index contributed by atoms with van der Waals surface area (Å²) >= 11 is 0. The molecule has 0 N–H and O–H groups in total. The van der Waals surface area contributed by atoms with Gasteiger partial charge in [-0.25, -0.2) is 0 Å². The molecule has 0 aromatic rings. The molecule has 0 spiro atoms. The van der Waals surface area contributed by atoms with E-state index in [1.807, 2.05) is 0 Å². The summed E-state index contributed by atoms with van der Waals surface area (Å²) in [6, 6.07) is 0. The van der Waals surface area contributed by atoms with E-state index in [-0.39, 0.29) is 0 Å². The van der Waals surface area contributed by atoms with Crippen LogP contribution >= 0.6 is 0 Å². The Morgan fingerprint density at radius 2 is 1.87 bits per heavy atom. The van der Waals surface area contributed by atoms with Crippen molar-refractivity contribution < 1.29 is 0 Å². The van der Waals surface area contributed by atoms with Gasteiger partial charge in [0.25, 0.3) is 0 Å². The molecule has 0 fully saturated rings. The average molecular weight is 210 g/mol. The topological polar surface area (TPSA) is 6.48 Å². The minimum atomic E-state index is 0.886. The van der Waals surface area contributed by atoms with E-state index in [9.17, 15) is 0 Å². The molecule has 0 amide bonds. The fraction of sp³-hybridized carbons (Fsp3) is 0.846. The summed E-state index contributed by atoms with van der Waals surface area (Å²) in [7, 11) is 4.33. The lowest BCUT2D eigenvalue weighted by atomic mass is 9.99. The van der Waals surface area contributed by atoms with Crippen LogP contribution in [-0.4, -0.2) is 50.1 Å². The minimum Gasteiger partial charge on any atom is -0.309 e. The van der Waals surface area contributed by atoms with Crippen molar-refractivity contribution in [1.82, 2.24) is 9.80 Å². The highest BCUT2D eigenvalue weighted by molar-refractivity contribution is 4.95. The zero-order chi connectivity index (χ0) is 11.1. The molecule has 1 aliphatic rings. The molecular weight excluding hydrogens is 184 g/mol. The van der Waals surface area contributed by atoms with Crippen LogP contribution in [0.2, 0.25) is 0 Å². The van der Waals surface area contributed by atoms with E-state index in [0.717, 1.165) is 5.92 Å². The third-order valence-corrected chi connectivity index (χ3v) is 3.09. The molecule has 0 bridgehead atoms. The third-order valence-electron chi connectivity index (χ3n) is 3.09. The van der Waals surface area contributed by atoms with Gasteiger partial charge in [0.15, 0.2) is 0 Å². The Labute approximate surface area is 94.9 Å². The van der Waals surface area contributed by atoms with Gasteiger partial charge in [-0.3, -0.25) is 4.90 Å². The first-order chi connectivity index (χ1) is 7.22. The number of hydrogen-bond acceptors (Lipinski definition) is 2. The van der Waals surface area contributed by atoms with Gasteiger partial charge < -0.3 is 4.90 Å². The van der Waals surface area contributed by atoms with Crippen molar-refractivity contribution in [2.24, 2.45) is 5.92 Å². The van der Waals surface area contributed by atoms with Crippen molar-refractivity contribution in [2.45, 2.75) is 26.2 Å². The van der Waals surface area contributed by atoms with Crippen LogP contribution in [0.4, 0.5) is 0 Å². The van der Waals surface area contributed by atoms with Crippen LogP contribution in [-0.2, 0) is 0 Å². The molecule has 2 nitrogen and oxygen atoms in total. The lowest BCUT2D eigenvalue weighted by Gasteiger charge is -2.24. The maximum Gasteiger partial charge on any atom is 0.0167 e. The number of nitrogens with zero attached hydrogens (tertiary/aromatic N) is 2. The lowest BCUT2D eigenvalue weighted by molar-refractivity contribution is 0.247. The van der Waals surface area contributed by atoms with Crippen LogP contribution in [0, 0.1) is 5.92 Å². The second-order valence-electron chi connectivity index (χ2n) is 4.94. The first-order valence-electron chi connectivity index (χ1n) is 6.24. The standard InChI is InChI=1S/C13H26N2/c1-4-7-13(8-11-14(2)3)12-15-9-5-6-10-15/h5-6,13H,4,7-12H2,1-3H3. The molecule has 0 saturated heterocycles. The smallest absolute Gasteiger partial charge is 0.0167 e. The van der Waals surface area contributed by atoms with Crippen molar-refractivity contribution in [2.75, 3.05) is 40.3 Å². The Morgan fingerprint density at radius 1 is 1.20 bits per heavy atom. The van der Waals surface area contributed by atoms with Crippen molar-refractivity contribution in [3.05, 3.63) is 12.2 Å². The van der Waals surface area contributed by atoms with Gasteiger partial charge in [0.2, 0.25) is 0 Å². The van der Waals surface area contributed by atoms with E-state index < -0.39 is 0 Å². The minimum absolute atomic E-state index is 0.886. The molecule has 0 radical (unpaired) electrons. The van der Waals surface area contributed by atoms with E-state index in [1.54, 1.807) is 0 Å². The molecule has 1 heterocycles. The van der Waals surface area contributed by atoms with Crippen molar-refractivity contribution in [3.63, 3.8) is 0 Å². The number of rotatable bonds is 7. The van der Waals surface area contributed by atoms with Gasteiger partial charge in [-0.2, -0.15) is 0 Å². The molecule has 0 aromatic carbocycles.